The Kier molecular flexibility index (Phi) is 4.53. The average molecular weight is 357 g/mol. The zero-order valence-electron chi connectivity index (χ0n) is 13.7. The standard InChI is InChI=1S/C18H17ClN4S/c1-18(2,3)12-6-4-11(5-7-12)9-24-17-15-14(21-10-22-15)13(8-20)16(19)23-17/h4-7,10H,9H2,1-3H3,(H,21,22). The molecule has 6 heteroatoms. The number of rotatable bonds is 3. The van der Waals surface area contributed by atoms with E-state index >= 15 is 0 Å². The van der Waals surface area contributed by atoms with E-state index in [1.165, 1.54) is 11.1 Å². The van der Waals surface area contributed by atoms with Crippen LogP contribution in [0.1, 0.15) is 37.5 Å². The molecule has 0 amide bonds. The summed E-state index contributed by atoms with van der Waals surface area (Å²) in [6, 6.07) is 10.7. The molecule has 0 fully saturated rings. The number of benzene rings is 1. The summed E-state index contributed by atoms with van der Waals surface area (Å²) in [5.74, 6) is 0.772. The highest BCUT2D eigenvalue weighted by atomic mass is 35.5. The van der Waals surface area contributed by atoms with E-state index in [2.05, 4.69) is 66.1 Å². The minimum Gasteiger partial charge on any atom is -0.342 e. The largest absolute Gasteiger partial charge is 0.342 e. The second-order valence-corrected chi connectivity index (χ2v) is 7.88. The van der Waals surface area contributed by atoms with Crippen LogP contribution in [-0.4, -0.2) is 15.0 Å². The Balaban J connectivity index is 1.84. The molecule has 0 aliphatic heterocycles. The van der Waals surface area contributed by atoms with Crippen molar-refractivity contribution in [3.63, 3.8) is 0 Å². The van der Waals surface area contributed by atoms with Crippen molar-refractivity contribution in [2.45, 2.75) is 37.0 Å². The minimum atomic E-state index is 0.149. The molecule has 2 aromatic heterocycles. The van der Waals surface area contributed by atoms with Gasteiger partial charge in [0.05, 0.1) is 11.8 Å². The van der Waals surface area contributed by atoms with Crippen molar-refractivity contribution in [1.82, 2.24) is 15.0 Å². The quantitative estimate of drug-likeness (QED) is 0.525. The van der Waals surface area contributed by atoms with E-state index in [0.29, 0.717) is 11.1 Å². The van der Waals surface area contributed by atoms with Gasteiger partial charge in [0.1, 0.15) is 27.3 Å². The minimum absolute atomic E-state index is 0.149. The van der Waals surface area contributed by atoms with E-state index in [-0.39, 0.29) is 10.6 Å². The van der Waals surface area contributed by atoms with Gasteiger partial charge < -0.3 is 4.98 Å². The average Bonchev–Trinajstić information content (AvgIpc) is 3.01. The molecule has 2 heterocycles. The number of thioether (sulfide) groups is 1. The molecule has 0 radical (unpaired) electrons. The number of nitrogens with zero attached hydrogens (tertiary/aromatic N) is 3. The van der Waals surface area contributed by atoms with Crippen LogP contribution in [0.5, 0.6) is 0 Å². The first-order valence-corrected chi connectivity index (χ1v) is 8.91. The Bertz CT molecular complexity index is 917. The summed E-state index contributed by atoms with van der Waals surface area (Å²) in [4.78, 5) is 11.6. The van der Waals surface area contributed by atoms with Crippen molar-refractivity contribution in [3.05, 3.63) is 52.4 Å². The van der Waals surface area contributed by atoms with Gasteiger partial charge >= 0.3 is 0 Å². The molecule has 3 aromatic rings. The third-order valence-electron chi connectivity index (χ3n) is 3.80. The van der Waals surface area contributed by atoms with Gasteiger partial charge in [-0.25, -0.2) is 9.97 Å². The van der Waals surface area contributed by atoms with Gasteiger partial charge in [-0.05, 0) is 16.5 Å². The number of H-pyrrole nitrogens is 1. The third-order valence-corrected chi connectivity index (χ3v) is 5.12. The summed E-state index contributed by atoms with van der Waals surface area (Å²) in [7, 11) is 0. The van der Waals surface area contributed by atoms with Crippen LogP contribution in [0.2, 0.25) is 5.15 Å². The predicted molar refractivity (Wildman–Crippen MR) is 98.3 cm³/mol. The van der Waals surface area contributed by atoms with Crippen LogP contribution in [0.25, 0.3) is 11.0 Å². The second kappa shape index (κ2) is 6.46. The van der Waals surface area contributed by atoms with Gasteiger partial charge in [-0.15, -0.1) is 0 Å². The van der Waals surface area contributed by atoms with Crippen LogP contribution in [0.4, 0.5) is 0 Å². The Hall–Kier alpha value is -2.03. The normalized spacial score (nSPS) is 11.6. The van der Waals surface area contributed by atoms with Crippen LogP contribution in [0.3, 0.4) is 0 Å². The fourth-order valence-corrected chi connectivity index (χ4v) is 3.62. The van der Waals surface area contributed by atoms with Crippen molar-refractivity contribution in [1.29, 1.82) is 5.26 Å². The third kappa shape index (κ3) is 3.26. The highest BCUT2D eigenvalue weighted by Gasteiger charge is 2.16. The highest BCUT2D eigenvalue weighted by Crippen LogP contribution is 2.32. The topological polar surface area (TPSA) is 65.4 Å². The van der Waals surface area contributed by atoms with Crippen LogP contribution >= 0.6 is 23.4 Å². The second-order valence-electron chi connectivity index (χ2n) is 6.56. The Labute approximate surface area is 150 Å². The smallest absolute Gasteiger partial charge is 0.150 e. The first-order chi connectivity index (χ1) is 11.4. The molecule has 1 N–H and O–H groups in total. The molecule has 24 heavy (non-hydrogen) atoms. The van der Waals surface area contributed by atoms with Crippen molar-refractivity contribution in [2.24, 2.45) is 0 Å². The van der Waals surface area contributed by atoms with Crippen LogP contribution < -0.4 is 0 Å². The van der Waals surface area contributed by atoms with Crippen LogP contribution in [0.15, 0.2) is 35.6 Å². The number of halogens is 1. The van der Waals surface area contributed by atoms with Crippen molar-refractivity contribution in [2.75, 3.05) is 0 Å². The van der Waals surface area contributed by atoms with Crippen molar-refractivity contribution >= 4 is 34.4 Å². The molecular formula is C18H17ClN4S. The number of nitriles is 1. The lowest BCUT2D eigenvalue weighted by Crippen LogP contribution is -2.10. The Morgan fingerprint density at radius 3 is 2.58 bits per heavy atom. The molecule has 0 saturated carbocycles. The van der Waals surface area contributed by atoms with Crippen LogP contribution in [-0.2, 0) is 11.2 Å². The summed E-state index contributed by atoms with van der Waals surface area (Å²) in [5.41, 5.74) is 4.31. The van der Waals surface area contributed by atoms with Gasteiger partial charge in [0.15, 0.2) is 0 Å². The predicted octanol–water partition coefficient (Wildman–Crippen LogP) is 5.07. The summed E-state index contributed by atoms with van der Waals surface area (Å²) in [6.45, 7) is 6.61. The molecule has 0 aliphatic carbocycles. The van der Waals surface area contributed by atoms with E-state index in [1.54, 1.807) is 18.1 Å². The molecule has 0 unspecified atom stereocenters. The number of imidazole rings is 1. The highest BCUT2D eigenvalue weighted by molar-refractivity contribution is 7.98. The van der Waals surface area contributed by atoms with Crippen molar-refractivity contribution in [3.8, 4) is 6.07 Å². The molecule has 0 aliphatic rings. The Morgan fingerprint density at radius 1 is 1.25 bits per heavy atom. The number of aromatic nitrogens is 3. The zero-order chi connectivity index (χ0) is 17.3. The summed E-state index contributed by atoms with van der Waals surface area (Å²) in [5, 5.41) is 10.1. The molecular weight excluding hydrogens is 340 g/mol. The zero-order valence-corrected chi connectivity index (χ0v) is 15.3. The van der Waals surface area contributed by atoms with Crippen molar-refractivity contribution < 1.29 is 0 Å². The molecule has 0 bridgehead atoms. The number of pyridine rings is 1. The maximum atomic E-state index is 9.19. The summed E-state index contributed by atoms with van der Waals surface area (Å²) >= 11 is 7.70. The first kappa shape index (κ1) is 16.8. The molecule has 122 valence electrons. The van der Waals surface area contributed by atoms with E-state index < -0.39 is 0 Å². The maximum Gasteiger partial charge on any atom is 0.150 e. The lowest BCUT2D eigenvalue weighted by atomic mass is 9.87. The summed E-state index contributed by atoms with van der Waals surface area (Å²) in [6.07, 6.45) is 1.56. The van der Waals surface area contributed by atoms with Gasteiger partial charge in [-0.2, -0.15) is 5.26 Å². The van der Waals surface area contributed by atoms with E-state index in [1.807, 2.05) is 0 Å². The lowest BCUT2D eigenvalue weighted by molar-refractivity contribution is 0.590. The lowest BCUT2D eigenvalue weighted by Gasteiger charge is -2.19. The SMILES string of the molecule is CC(C)(C)c1ccc(CSc2nc(Cl)c(C#N)c3nc[nH]c23)cc1. The van der Waals surface area contributed by atoms with E-state index in [9.17, 15) is 5.26 Å². The number of hydrogen-bond donors (Lipinski definition) is 1. The number of aromatic amines is 1. The van der Waals surface area contributed by atoms with E-state index in [4.69, 9.17) is 11.6 Å². The monoisotopic (exact) mass is 356 g/mol. The van der Waals surface area contributed by atoms with Gasteiger partial charge in [-0.3, -0.25) is 0 Å². The summed E-state index contributed by atoms with van der Waals surface area (Å²) < 4.78 is 0. The molecule has 1 aromatic carbocycles. The number of hydrogen-bond acceptors (Lipinski definition) is 4. The Morgan fingerprint density at radius 2 is 1.96 bits per heavy atom. The van der Waals surface area contributed by atoms with Gasteiger partial charge in [-0.1, -0.05) is 68.4 Å². The van der Waals surface area contributed by atoms with Gasteiger partial charge in [0.25, 0.3) is 0 Å². The molecule has 3 rings (SSSR count). The van der Waals surface area contributed by atoms with Crippen LogP contribution in [0, 0.1) is 11.3 Å². The van der Waals surface area contributed by atoms with Gasteiger partial charge in [0.2, 0.25) is 0 Å². The molecule has 0 saturated heterocycles. The van der Waals surface area contributed by atoms with Gasteiger partial charge in [0, 0.05) is 5.75 Å². The maximum absolute atomic E-state index is 9.19. The molecule has 4 nitrogen and oxygen atoms in total. The fourth-order valence-electron chi connectivity index (χ4n) is 2.40. The number of fused-ring (bicyclic) bond motifs is 1. The molecule has 0 atom stereocenters. The fraction of sp³-hybridized carbons (Fsp3) is 0.278. The van der Waals surface area contributed by atoms with E-state index in [0.717, 1.165) is 16.3 Å². The first-order valence-electron chi connectivity index (χ1n) is 7.55. The molecule has 0 spiro atoms. The number of nitrogens with one attached hydrogen (secondary N) is 1.